The van der Waals surface area contributed by atoms with Gasteiger partial charge in [-0.3, -0.25) is 4.98 Å². The average molecular weight is 236 g/mol. The predicted molar refractivity (Wildman–Crippen MR) is 71.1 cm³/mol. The van der Waals surface area contributed by atoms with E-state index in [1.807, 2.05) is 53.3 Å². The van der Waals surface area contributed by atoms with Crippen LogP contribution in [-0.2, 0) is 0 Å². The van der Waals surface area contributed by atoms with Crippen molar-refractivity contribution < 1.29 is 0 Å². The van der Waals surface area contributed by atoms with E-state index in [1.165, 1.54) is 0 Å². The number of anilines is 2. The molecule has 3 aromatic rings. The Hall–Kier alpha value is -2.62. The van der Waals surface area contributed by atoms with E-state index in [9.17, 15) is 0 Å². The zero-order valence-electron chi connectivity index (χ0n) is 9.69. The van der Waals surface area contributed by atoms with Gasteiger partial charge in [-0.05, 0) is 24.3 Å². The molecule has 2 aromatic heterocycles. The van der Waals surface area contributed by atoms with E-state index in [4.69, 9.17) is 0 Å². The lowest BCUT2D eigenvalue weighted by Gasteiger charge is -2.02. The Kier molecular flexibility index (Phi) is 2.75. The summed E-state index contributed by atoms with van der Waals surface area (Å²) in [4.78, 5) is 3.99. The lowest BCUT2D eigenvalue weighted by molar-refractivity contribution is 0.878. The summed E-state index contributed by atoms with van der Waals surface area (Å²) in [6, 6.07) is 13.9. The monoisotopic (exact) mass is 236 g/mol. The van der Waals surface area contributed by atoms with Crippen molar-refractivity contribution in [1.82, 2.24) is 14.8 Å². The maximum Gasteiger partial charge on any atom is 0.0775 e. The predicted octanol–water partition coefficient (Wildman–Crippen LogP) is 3.01. The van der Waals surface area contributed by atoms with Crippen LogP contribution < -0.4 is 5.32 Å². The van der Waals surface area contributed by atoms with Crippen LogP contribution in [0, 0.1) is 0 Å². The molecule has 1 aromatic carbocycles. The van der Waals surface area contributed by atoms with Crippen molar-refractivity contribution in [2.45, 2.75) is 0 Å². The fourth-order valence-electron chi connectivity index (χ4n) is 1.71. The molecule has 88 valence electrons. The van der Waals surface area contributed by atoms with E-state index in [1.54, 1.807) is 18.6 Å². The zero-order valence-corrected chi connectivity index (χ0v) is 9.69. The molecule has 0 aliphatic rings. The molecule has 0 aliphatic heterocycles. The third kappa shape index (κ3) is 2.22. The van der Waals surface area contributed by atoms with Gasteiger partial charge in [-0.1, -0.05) is 18.2 Å². The lowest BCUT2D eigenvalue weighted by Crippen LogP contribution is -1.93. The highest BCUT2D eigenvalue weighted by atomic mass is 15.3. The van der Waals surface area contributed by atoms with Gasteiger partial charge in [0.25, 0.3) is 0 Å². The quantitative estimate of drug-likeness (QED) is 0.760. The fourth-order valence-corrected chi connectivity index (χ4v) is 1.71. The molecule has 0 atom stereocenters. The Morgan fingerprint density at radius 2 is 1.67 bits per heavy atom. The van der Waals surface area contributed by atoms with E-state index < -0.39 is 0 Å². The summed E-state index contributed by atoms with van der Waals surface area (Å²) in [6.45, 7) is 0. The molecule has 3 rings (SSSR count). The smallest absolute Gasteiger partial charge is 0.0775 e. The van der Waals surface area contributed by atoms with Crippen LogP contribution in [0.15, 0.2) is 67.3 Å². The molecule has 4 heteroatoms. The molecule has 0 saturated heterocycles. The SMILES string of the molecule is c1ccc(Nc2cnn(-c3ccncc3)c2)cc1. The molecular weight excluding hydrogens is 224 g/mol. The van der Waals surface area contributed by atoms with Gasteiger partial charge in [0.2, 0.25) is 0 Å². The van der Waals surface area contributed by atoms with Crippen molar-refractivity contribution in [3.63, 3.8) is 0 Å². The normalized spacial score (nSPS) is 10.2. The van der Waals surface area contributed by atoms with Gasteiger partial charge >= 0.3 is 0 Å². The Bertz CT molecular complexity index is 617. The summed E-state index contributed by atoms with van der Waals surface area (Å²) in [5.41, 5.74) is 3.00. The average Bonchev–Trinajstić information content (AvgIpc) is 2.89. The summed E-state index contributed by atoms with van der Waals surface area (Å²) < 4.78 is 1.81. The van der Waals surface area contributed by atoms with Gasteiger partial charge < -0.3 is 5.32 Å². The van der Waals surface area contributed by atoms with E-state index in [2.05, 4.69) is 15.4 Å². The second kappa shape index (κ2) is 4.71. The van der Waals surface area contributed by atoms with Crippen LogP contribution in [0.2, 0.25) is 0 Å². The van der Waals surface area contributed by atoms with Crippen LogP contribution in [0.25, 0.3) is 5.69 Å². The highest BCUT2D eigenvalue weighted by Crippen LogP contribution is 2.16. The van der Waals surface area contributed by atoms with Gasteiger partial charge in [0.15, 0.2) is 0 Å². The molecule has 0 aliphatic carbocycles. The number of para-hydroxylation sites is 1. The molecule has 0 radical (unpaired) electrons. The third-order valence-corrected chi connectivity index (χ3v) is 2.57. The molecule has 4 nitrogen and oxygen atoms in total. The highest BCUT2D eigenvalue weighted by molar-refractivity contribution is 5.58. The molecular formula is C14H12N4. The van der Waals surface area contributed by atoms with Crippen LogP contribution in [0.3, 0.4) is 0 Å². The Morgan fingerprint density at radius 3 is 2.44 bits per heavy atom. The second-order valence-electron chi connectivity index (χ2n) is 3.87. The van der Waals surface area contributed by atoms with Gasteiger partial charge in [0, 0.05) is 18.1 Å². The number of nitrogens with zero attached hydrogens (tertiary/aromatic N) is 3. The molecule has 0 saturated carbocycles. The highest BCUT2D eigenvalue weighted by Gasteiger charge is 2.00. The molecule has 0 bridgehead atoms. The van der Waals surface area contributed by atoms with E-state index in [0.717, 1.165) is 17.1 Å². The summed E-state index contributed by atoms with van der Waals surface area (Å²) >= 11 is 0. The number of aromatic nitrogens is 3. The number of hydrogen-bond donors (Lipinski definition) is 1. The maximum atomic E-state index is 4.31. The summed E-state index contributed by atoms with van der Waals surface area (Å²) in [7, 11) is 0. The molecule has 18 heavy (non-hydrogen) atoms. The van der Waals surface area contributed by atoms with Crippen LogP contribution in [0.5, 0.6) is 0 Å². The molecule has 0 amide bonds. The van der Waals surface area contributed by atoms with Gasteiger partial charge in [0.05, 0.1) is 23.8 Å². The van der Waals surface area contributed by atoms with Crippen LogP contribution in [0.1, 0.15) is 0 Å². The first kappa shape index (κ1) is 10.5. The summed E-state index contributed by atoms with van der Waals surface area (Å²) in [5.74, 6) is 0. The molecule has 0 unspecified atom stereocenters. The van der Waals surface area contributed by atoms with Crippen molar-refractivity contribution in [3.05, 3.63) is 67.3 Å². The topological polar surface area (TPSA) is 42.7 Å². The van der Waals surface area contributed by atoms with Crippen molar-refractivity contribution >= 4 is 11.4 Å². The van der Waals surface area contributed by atoms with Crippen molar-refractivity contribution in [2.75, 3.05) is 5.32 Å². The van der Waals surface area contributed by atoms with E-state index in [-0.39, 0.29) is 0 Å². The van der Waals surface area contributed by atoms with Crippen LogP contribution >= 0.6 is 0 Å². The Labute approximate surface area is 105 Å². The molecule has 1 N–H and O–H groups in total. The minimum absolute atomic E-state index is 0.956. The molecule has 0 fully saturated rings. The van der Waals surface area contributed by atoms with Crippen LogP contribution in [-0.4, -0.2) is 14.8 Å². The number of benzene rings is 1. The second-order valence-corrected chi connectivity index (χ2v) is 3.87. The Morgan fingerprint density at radius 1 is 0.889 bits per heavy atom. The van der Waals surface area contributed by atoms with E-state index >= 15 is 0 Å². The minimum atomic E-state index is 0.956. The number of rotatable bonds is 3. The van der Waals surface area contributed by atoms with Crippen molar-refractivity contribution in [2.24, 2.45) is 0 Å². The van der Waals surface area contributed by atoms with Gasteiger partial charge in [-0.15, -0.1) is 0 Å². The first-order valence-electron chi connectivity index (χ1n) is 5.69. The maximum absolute atomic E-state index is 4.31. The van der Waals surface area contributed by atoms with Crippen LogP contribution in [0.4, 0.5) is 11.4 Å². The van der Waals surface area contributed by atoms with E-state index in [0.29, 0.717) is 0 Å². The largest absolute Gasteiger partial charge is 0.353 e. The summed E-state index contributed by atoms with van der Waals surface area (Å²) in [5, 5.41) is 7.60. The number of hydrogen-bond acceptors (Lipinski definition) is 3. The lowest BCUT2D eigenvalue weighted by atomic mass is 10.3. The first-order chi connectivity index (χ1) is 8.92. The molecule has 0 spiro atoms. The van der Waals surface area contributed by atoms with Crippen molar-refractivity contribution in [1.29, 1.82) is 0 Å². The zero-order chi connectivity index (χ0) is 12.2. The number of pyridine rings is 1. The third-order valence-electron chi connectivity index (χ3n) is 2.57. The van der Waals surface area contributed by atoms with Crippen molar-refractivity contribution in [3.8, 4) is 5.69 Å². The standard InChI is InChI=1S/C14H12N4/c1-2-4-12(5-3-1)17-13-10-16-18(11-13)14-6-8-15-9-7-14/h1-11,17H. The summed E-state index contributed by atoms with van der Waals surface area (Å²) in [6.07, 6.45) is 7.25. The van der Waals surface area contributed by atoms with Gasteiger partial charge in [-0.2, -0.15) is 5.10 Å². The minimum Gasteiger partial charge on any atom is -0.353 e. The first-order valence-corrected chi connectivity index (χ1v) is 5.69. The molecule has 2 heterocycles. The Balaban J connectivity index is 1.82. The van der Waals surface area contributed by atoms with Gasteiger partial charge in [-0.25, -0.2) is 4.68 Å². The van der Waals surface area contributed by atoms with Gasteiger partial charge in [0.1, 0.15) is 0 Å². The number of nitrogens with one attached hydrogen (secondary N) is 1. The fraction of sp³-hybridized carbons (Fsp3) is 0.